The van der Waals surface area contributed by atoms with Crippen molar-refractivity contribution in [3.8, 4) is 10.6 Å². The minimum absolute atomic E-state index is 0.0174. The normalized spacial score (nSPS) is 23.0. The van der Waals surface area contributed by atoms with Crippen LogP contribution in [0.1, 0.15) is 43.6 Å². The van der Waals surface area contributed by atoms with Crippen LogP contribution >= 0.6 is 11.3 Å². The molecule has 0 radical (unpaired) electrons. The van der Waals surface area contributed by atoms with Crippen LogP contribution in [0.25, 0.3) is 10.6 Å². The summed E-state index contributed by atoms with van der Waals surface area (Å²) in [4.78, 5) is 15.6. The van der Waals surface area contributed by atoms with Crippen LogP contribution < -0.4 is 0 Å². The van der Waals surface area contributed by atoms with Gasteiger partial charge in [-0.3, -0.25) is 4.79 Å². The molecule has 0 saturated carbocycles. The Kier molecular flexibility index (Phi) is 3.61. The number of hydrogen-bond acceptors (Lipinski definition) is 4. The summed E-state index contributed by atoms with van der Waals surface area (Å²) in [5, 5.41) is 5.94. The third-order valence-electron chi connectivity index (χ3n) is 3.92. The second kappa shape index (κ2) is 5.40. The van der Waals surface area contributed by atoms with Crippen LogP contribution in [0.5, 0.6) is 0 Å². The Hall–Kier alpha value is -1.62. The lowest BCUT2D eigenvalue weighted by molar-refractivity contribution is 0.0500. The number of amides is 1. The van der Waals surface area contributed by atoms with Gasteiger partial charge in [0.15, 0.2) is 11.5 Å². The molecule has 2 aromatic rings. The fraction of sp³-hybridized carbons (Fsp3) is 0.467. The van der Waals surface area contributed by atoms with Crippen LogP contribution in [0.4, 0.5) is 0 Å². The van der Waals surface area contributed by atoms with E-state index in [1.165, 1.54) is 6.42 Å². The first kappa shape index (κ1) is 13.4. The second-order valence-electron chi connectivity index (χ2n) is 5.40. The third-order valence-corrected chi connectivity index (χ3v) is 4.81. The van der Waals surface area contributed by atoms with Gasteiger partial charge >= 0.3 is 0 Å². The Bertz CT molecular complexity index is 581. The van der Waals surface area contributed by atoms with Crippen molar-refractivity contribution >= 4 is 17.2 Å². The molecule has 3 heterocycles. The second-order valence-corrected chi connectivity index (χ2v) is 6.34. The van der Waals surface area contributed by atoms with E-state index < -0.39 is 0 Å². The van der Waals surface area contributed by atoms with Crippen molar-refractivity contribution in [1.82, 2.24) is 10.1 Å². The molecule has 1 amide bonds. The molecule has 1 fully saturated rings. The number of thiophene rings is 1. The summed E-state index contributed by atoms with van der Waals surface area (Å²) in [6.07, 6.45) is 3.31. The molecule has 0 N–H and O–H groups in total. The maximum atomic E-state index is 12.6. The highest BCUT2D eigenvalue weighted by Crippen LogP contribution is 2.28. The van der Waals surface area contributed by atoms with Gasteiger partial charge in [0.05, 0.1) is 4.88 Å². The van der Waals surface area contributed by atoms with E-state index in [4.69, 9.17) is 4.52 Å². The van der Waals surface area contributed by atoms with Gasteiger partial charge in [-0.15, -0.1) is 11.3 Å². The van der Waals surface area contributed by atoms with Gasteiger partial charge in [-0.1, -0.05) is 11.2 Å². The summed E-state index contributed by atoms with van der Waals surface area (Å²) < 4.78 is 5.30. The van der Waals surface area contributed by atoms with Crippen molar-refractivity contribution in [2.45, 2.75) is 45.2 Å². The fourth-order valence-corrected chi connectivity index (χ4v) is 3.54. The van der Waals surface area contributed by atoms with Gasteiger partial charge in [-0.25, -0.2) is 0 Å². The van der Waals surface area contributed by atoms with E-state index in [2.05, 4.69) is 19.0 Å². The number of hydrogen-bond donors (Lipinski definition) is 0. The van der Waals surface area contributed by atoms with Crippen LogP contribution in [0, 0.1) is 0 Å². The molecule has 0 aliphatic carbocycles. The first-order valence-corrected chi connectivity index (χ1v) is 7.88. The Morgan fingerprint density at radius 1 is 1.40 bits per heavy atom. The van der Waals surface area contributed by atoms with Crippen molar-refractivity contribution in [1.29, 1.82) is 0 Å². The summed E-state index contributed by atoms with van der Waals surface area (Å²) in [5.41, 5.74) is 0.411. The summed E-state index contributed by atoms with van der Waals surface area (Å²) in [5.74, 6) is 0.650. The van der Waals surface area contributed by atoms with E-state index in [0.717, 1.165) is 17.7 Å². The molecule has 0 unspecified atom stereocenters. The standard InChI is InChI=1S/C15H18N2O2S/c1-10-5-3-6-11(2)17(10)15(18)12-9-13(19-16-12)14-7-4-8-20-14/h4,7-11H,3,5-6H2,1-2H3/t10-,11-/m0/s1. The topological polar surface area (TPSA) is 46.3 Å². The van der Waals surface area contributed by atoms with Gasteiger partial charge in [0.2, 0.25) is 0 Å². The maximum Gasteiger partial charge on any atom is 0.276 e. The molecule has 1 saturated heterocycles. The molecule has 4 nitrogen and oxygen atoms in total. The molecule has 0 aromatic carbocycles. The molecule has 3 rings (SSSR count). The highest BCUT2D eigenvalue weighted by Gasteiger charge is 2.31. The van der Waals surface area contributed by atoms with Gasteiger partial charge in [0, 0.05) is 18.2 Å². The Morgan fingerprint density at radius 2 is 2.15 bits per heavy atom. The number of aromatic nitrogens is 1. The SMILES string of the molecule is C[C@H]1CCC[C@H](C)N1C(=O)c1cc(-c2cccs2)on1. The summed E-state index contributed by atoms with van der Waals surface area (Å²) in [7, 11) is 0. The van der Waals surface area contributed by atoms with E-state index in [0.29, 0.717) is 11.5 Å². The van der Waals surface area contributed by atoms with Gasteiger partial charge in [0.25, 0.3) is 5.91 Å². The first-order valence-electron chi connectivity index (χ1n) is 7.00. The van der Waals surface area contributed by atoms with Crippen LogP contribution in [-0.4, -0.2) is 28.0 Å². The van der Waals surface area contributed by atoms with E-state index in [9.17, 15) is 4.79 Å². The zero-order valence-electron chi connectivity index (χ0n) is 11.7. The first-order chi connectivity index (χ1) is 9.66. The lowest BCUT2D eigenvalue weighted by Crippen LogP contribution is -2.47. The predicted molar refractivity (Wildman–Crippen MR) is 78.8 cm³/mol. The largest absolute Gasteiger partial charge is 0.355 e. The van der Waals surface area contributed by atoms with Gasteiger partial charge in [0.1, 0.15) is 0 Å². The number of carbonyl (C=O) groups is 1. The smallest absolute Gasteiger partial charge is 0.276 e. The molecule has 106 valence electrons. The van der Waals surface area contributed by atoms with Crippen molar-refractivity contribution in [3.63, 3.8) is 0 Å². The number of likely N-dealkylation sites (tertiary alicyclic amines) is 1. The fourth-order valence-electron chi connectivity index (χ4n) is 2.86. The third kappa shape index (κ3) is 2.38. The lowest BCUT2D eigenvalue weighted by Gasteiger charge is -2.38. The summed E-state index contributed by atoms with van der Waals surface area (Å²) in [6.45, 7) is 4.21. The lowest BCUT2D eigenvalue weighted by atomic mass is 9.97. The van der Waals surface area contributed by atoms with Gasteiger partial charge < -0.3 is 9.42 Å². The summed E-state index contributed by atoms with van der Waals surface area (Å²) in [6, 6.07) is 6.22. The van der Waals surface area contributed by atoms with Crippen LogP contribution in [0.2, 0.25) is 0 Å². The van der Waals surface area contributed by atoms with Crippen molar-refractivity contribution in [2.75, 3.05) is 0 Å². The molecule has 2 aromatic heterocycles. The monoisotopic (exact) mass is 290 g/mol. The van der Waals surface area contributed by atoms with Crippen LogP contribution in [0.3, 0.4) is 0 Å². The average molecular weight is 290 g/mol. The van der Waals surface area contributed by atoms with Gasteiger partial charge in [-0.05, 0) is 44.6 Å². The van der Waals surface area contributed by atoms with E-state index in [-0.39, 0.29) is 18.0 Å². The van der Waals surface area contributed by atoms with Crippen molar-refractivity contribution < 1.29 is 9.32 Å². The van der Waals surface area contributed by atoms with E-state index in [1.54, 1.807) is 17.4 Å². The highest BCUT2D eigenvalue weighted by atomic mass is 32.1. The van der Waals surface area contributed by atoms with Crippen molar-refractivity contribution in [3.05, 3.63) is 29.3 Å². The minimum Gasteiger partial charge on any atom is -0.355 e. The zero-order chi connectivity index (χ0) is 14.1. The molecule has 2 atom stereocenters. The number of piperidine rings is 1. The Balaban J connectivity index is 1.83. The zero-order valence-corrected chi connectivity index (χ0v) is 12.5. The molecular weight excluding hydrogens is 272 g/mol. The minimum atomic E-state index is -0.0174. The quantitative estimate of drug-likeness (QED) is 0.845. The van der Waals surface area contributed by atoms with E-state index in [1.807, 2.05) is 22.4 Å². The summed E-state index contributed by atoms with van der Waals surface area (Å²) >= 11 is 1.58. The van der Waals surface area contributed by atoms with Gasteiger partial charge in [-0.2, -0.15) is 0 Å². The molecule has 20 heavy (non-hydrogen) atoms. The van der Waals surface area contributed by atoms with E-state index >= 15 is 0 Å². The van der Waals surface area contributed by atoms with Crippen molar-refractivity contribution in [2.24, 2.45) is 0 Å². The number of rotatable bonds is 2. The molecule has 1 aliphatic rings. The molecule has 0 bridgehead atoms. The molecule has 1 aliphatic heterocycles. The van der Waals surface area contributed by atoms with Crippen LogP contribution in [-0.2, 0) is 0 Å². The number of carbonyl (C=O) groups excluding carboxylic acids is 1. The number of nitrogens with zero attached hydrogens (tertiary/aromatic N) is 2. The molecule has 0 spiro atoms. The molecule has 5 heteroatoms. The Morgan fingerprint density at radius 3 is 2.80 bits per heavy atom. The highest BCUT2D eigenvalue weighted by molar-refractivity contribution is 7.13. The Labute approximate surface area is 122 Å². The van der Waals surface area contributed by atoms with Crippen LogP contribution in [0.15, 0.2) is 28.1 Å². The average Bonchev–Trinajstić information content (AvgIpc) is 3.09. The predicted octanol–water partition coefficient (Wildman–Crippen LogP) is 3.81. The molecular formula is C15H18N2O2S. The maximum absolute atomic E-state index is 12.6.